The van der Waals surface area contributed by atoms with Crippen LogP contribution in [-0.2, 0) is 4.74 Å². The molecular weight excluding hydrogens is 248 g/mol. The number of rotatable bonds is 6. The average Bonchev–Trinajstić information content (AvgIpc) is 2.69. The maximum Gasteiger partial charge on any atom is 0.0491 e. The second-order valence-corrected chi connectivity index (χ2v) is 7.52. The molecule has 0 radical (unpaired) electrons. The molecule has 0 aromatic carbocycles. The van der Waals surface area contributed by atoms with Gasteiger partial charge in [0.1, 0.15) is 0 Å². The lowest BCUT2D eigenvalue weighted by atomic mass is 9.84. The van der Waals surface area contributed by atoms with Crippen LogP contribution in [0.5, 0.6) is 0 Å². The first kappa shape index (κ1) is 16.3. The summed E-state index contributed by atoms with van der Waals surface area (Å²) in [7, 11) is 1.83. The topological polar surface area (TPSA) is 24.5 Å². The van der Waals surface area contributed by atoms with Crippen LogP contribution in [0.25, 0.3) is 0 Å². The van der Waals surface area contributed by atoms with Gasteiger partial charge in [0.05, 0.1) is 0 Å². The Morgan fingerprint density at radius 1 is 1.20 bits per heavy atom. The average molecular weight is 282 g/mol. The Hall–Kier alpha value is -0.120. The van der Waals surface area contributed by atoms with E-state index < -0.39 is 0 Å². The molecule has 0 amide bonds. The third-order valence-electron chi connectivity index (χ3n) is 5.50. The predicted molar refractivity (Wildman–Crippen MR) is 85.0 cm³/mol. The van der Waals surface area contributed by atoms with E-state index in [0.717, 1.165) is 25.0 Å². The number of nitrogens with zero attached hydrogens (tertiary/aromatic N) is 1. The van der Waals surface area contributed by atoms with E-state index in [1.54, 1.807) is 0 Å². The summed E-state index contributed by atoms with van der Waals surface area (Å²) in [5, 5.41) is 3.76. The molecule has 118 valence electrons. The van der Waals surface area contributed by atoms with E-state index >= 15 is 0 Å². The second-order valence-electron chi connectivity index (χ2n) is 7.52. The molecule has 0 aromatic heterocycles. The zero-order valence-corrected chi connectivity index (χ0v) is 14.0. The quantitative estimate of drug-likeness (QED) is 0.811. The number of ether oxygens (including phenoxy) is 1. The lowest BCUT2D eigenvalue weighted by Crippen LogP contribution is -2.47. The van der Waals surface area contributed by atoms with E-state index in [4.69, 9.17) is 4.74 Å². The largest absolute Gasteiger partial charge is 0.384 e. The molecule has 20 heavy (non-hydrogen) atoms. The van der Waals surface area contributed by atoms with Crippen molar-refractivity contribution in [2.75, 3.05) is 39.9 Å². The predicted octanol–water partition coefficient (Wildman–Crippen LogP) is 2.76. The van der Waals surface area contributed by atoms with Crippen LogP contribution >= 0.6 is 0 Å². The van der Waals surface area contributed by atoms with Crippen molar-refractivity contribution in [3.05, 3.63) is 0 Å². The highest BCUT2D eigenvalue weighted by Crippen LogP contribution is 2.41. The highest BCUT2D eigenvalue weighted by atomic mass is 16.5. The van der Waals surface area contributed by atoms with Gasteiger partial charge in [-0.25, -0.2) is 0 Å². The minimum atomic E-state index is 0.467. The monoisotopic (exact) mass is 282 g/mol. The van der Waals surface area contributed by atoms with E-state index in [9.17, 15) is 0 Å². The summed E-state index contributed by atoms with van der Waals surface area (Å²) in [5.41, 5.74) is 0.467. The molecular formula is C17H34N2O. The fourth-order valence-electron chi connectivity index (χ4n) is 4.28. The van der Waals surface area contributed by atoms with E-state index in [2.05, 4.69) is 31.0 Å². The van der Waals surface area contributed by atoms with Crippen LogP contribution in [0.3, 0.4) is 0 Å². The summed E-state index contributed by atoms with van der Waals surface area (Å²) >= 11 is 0. The van der Waals surface area contributed by atoms with Crippen molar-refractivity contribution >= 4 is 0 Å². The molecule has 0 aromatic rings. The number of likely N-dealkylation sites (tertiary alicyclic amines) is 1. The molecule has 2 rings (SSSR count). The normalized spacial score (nSPS) is 31.8. The van der Waals surface area contributed by atoms with Crippen molar-refractivity contribution in [3.63, 3.8) is 0 Å². The van der Waals surface area contributed by atoms with Crippen LogP contribution < -0.4 is 5.32 Å². The molecule has 2 atom stereocenters. The summed E-state index contributed by atoms with van der Waals surface area (Å²) in [6.45, 7) is 13.0. The lowest BCUT2D eigenvalue weighted by molar-refractivity contribution is 0.0879. The molecule has 1 N–H and O–H groups in total. The van der Waals surface area contributed by atoms with Gasteiger partial charge in [-0.1, -0.05) is 20.8 Å². The fraction of sp³-hybridized carbons (Fsp3) is 1.00. The van der Waals surface area contributed by atoms with Crippen molar-refractivity contribution in [1.29, 1.82) is 0 Å². The van der Waals surface area contributed by atoms with Crippen LogP contribution in [-0.4, -0.2) is 50.8 Å². The van der Waals surface area contributed by atoms with Crippen LogP contribution in [0.4, 0.5) is 0 Å². The number of methoxy groups -OCH3 is 1. The van der Waals surface area contributed by atoms with Gasteiger partial charge in [-0.05, 0) is 62.6 Å². The molecule has 1 saturated heterocycles. The Morgan fingerprint density at radius 3 is 2.50 bits per heavy atom. The standard InChI is InChI=1S/C17H34N2O/c1-5-18-16-15(6-9-17(16,2)3)12-19-10-7-14(8-11-19)13-20-4/h14-16,18H,5-13H2,1-4H3. The van der Waals surface area contributed by atoms with Crippen LogP contribution in [0, 0.1) is 17.3 Å². The number of piperidine rings is 1. The van der Waals surface area contributed by atoms with E-state index in [1.807, 2.05) is 7.11 Å². The summed E-state index contributed by atoms with van der Waals surface area (Å²) in [6.07, 6.45) is 5.39. The molecule has 1 heterocycles. The van der Waals surface area contributed by atoms with Gasteiger partial charge in [0.25, 0.3) is 0 Å². The van der Waals surface area contributed by atoms with Gasteiger partial charge < -0.3 is 15.0 Å². The number of hydrogen-bond acceptors (Lipinski definition) is 3. The molecule has 1 aliphatic heterocycles. The molecule has 1 aliphatic carbocycles. The summed E-state index contributed by atoms with van der Waals surface area (Å²) in [4.78, 5) is 2.70. The fourth-order valence-corrected chi connectivity index (χ4v) is 4.28. The number of hydrogen-bond donors (Lipinski definition) is 1. The molecule has 0 spiro atoms. The van der Waals surface area contributed by atoms with Gasteiger partial charge in [-0.2, -0.15) is 0 Å². The van der Waals surface area contributed by atoms with Gasteiger partial charge in [-0.3, -0.25) is 0 Å². The molecule has 0 bridgehead atoms. The van der Waals surface area contributed by atoms with Crippen molar-refractivity contribution < 1.29 is 4.74 Å². The molecule has 2 aliphatic rings. The molecule has 2 unspecified atom stereocenters. The van der Waals surface area contributed by atoms with E-state index in [-0.39, 0.29) is 0 Å². The third kappa shape index (κ3) is 3.96. The van der Waals surface area contributed by atoms with Gasteiger partial charge in [0.2, 0.25) is 0 Å². The first-order chi connectivity index (χ1) is 9.56. The van der Waals surface area contributed by atoms with Crippen LogP contribution in [0.2, 0.25) is 0 Å². The maximum atomic E-state index is 5.30. The highest BCUT2D eigenvalue weighted by molar-refractivity contribution is 4.97. The van der Waals surface area contributed by atoms with Crippen LogP contribution in [0.15, 0.2) is 0 Å². The Kier molecular flexibility index (Phi) is 5.88. The zero-order valence-electron chi connectivity index (χ0n) is 14.0. The highest BCUT2D eigenvalue weighted by Gasteiger charge is 2.41. The molecule has 2 fully saturated rings. The van der Waals surface area contributed by atoms with E-state index in [1.165, 1.54) is 45.3 Å². The van der Waals surface area contributed by atoms with Crippen molar-refractivity contribution in [1.82, 2.24) is 10.2 Å². The molecule has 3 nitrogen and oxygen atoms in total. The summed E-state index contributed by atoms with van der Waals surface area (Å²) < 4.78 is 5.30. The molecule has 1 saturated carbocycles. The first-order valence-electron chi connectivity index (χ1n) is 8.51. The van der Waals surface area contributed by atoms with Gasteiger partial charge in [-0.15, -0.1) is 0 Å². The van der Waals surface area contributed by atoms with Gasteiger partial charge >= 0.3 is 0 Å². The maximum absolute atomic E-state index is 5.30. The summed E-state index contributed by atoms with van der Waals surface area (Å²) in [5.74, 6) is 1.63. The van der Waals surface area contributed by atoms with Gasteiger partial charge in [0, 0.05) is 26.3 Å². The second kappa shape index (κ2) is 7.24. The minimum Gasteiger partial charge on any atom is -0.384 e. The van der Waals surface area contributed by atoms with Crippen molar-refractivity contribution in [2.24, 2.45) is 17.3 Å². The van der Waals surface area contributed by atoms with Crippen molar-refractivity contribution in [3.8, 4) is 0 Å². The Labute approximate surface area is 125 Å². The third-order valence-corrected chi connectivity index (χ3v) is 5.50. The van der Waals surface area contributed by atoms with Gasteiger partial charge in [0.15, 0.2) is 0 Å². The lowest BCUT2D eigenvalue weighted by Gasteiger charge is -2.37. The smallest absolute Gasteiger partial charge is 0.0491 e. The summed E-state index contributed by atoms with van der Waals surface area (Å²) in [6, 6.07) is 0.698. The Balaban J connectivity index is 1.81. The Bertz CT molecular complexity index is 285. The zero-order chi connectivity index (χ0) is 14.6. The van der Waals surface area contributed by atoms with Crippen molar-refractivity contribution in [2.45, 2.75) is 52.5 Å². The van der Waals surface area contributed by atoms with E-state index in [0.29, 0.717) is 11.5 Å². The van der Waals surface area contributed by atoms with Crippen LogP contribution in [0.1, 0.15) is 46.5 Å². The molecule has 3 heteroatoms. The Morgan fingerprint density at radius 2 is 1.90 bits per heavy atom. The SMILES string of the molecule is CCNC1C(CN2CCC(COC)CC2)CCC1(C)C. The number of nitrogens with one attached hydrogen (secondary N) is 1. The minimum absolute atomic E-state index is 0.467. The first-order valence-corrected chi connectivity index (χ1v) is 8.51.